The van der Waals surface area contributed by atoms with Gasteiger partial charge in [0.25, 0.3) is 0 Å². The summed E-state index contributed by atoms with van der Waals surface area (Å²) < 4.78 is 5.46. The molecule has 5 heteroatoms. The molecule has 0 amide bonds. The number of aryl methyl sites for hydroxylation is 3. The van der Waals surface area contributed by atoms with Gasteiger partial charge in [-0.05, 0) is 74.8 Å². The number of phenols is 2. The van der Waals surface area contributed by atoms with Crippen molar-refractivity contribution in [2.45, 2.75) is 40.5 Å². The number of unbranched alkanes of at least 4 members (excludes halogenated alkanes) is 1. The van der Waals surface area contributed by atoms with Crippen LogP contribution in [0.1, 0.15) is 42.0 Å². The van der Waals surface area contributed by atoms with Crippen LogP contribution >= 0.6 is 7.05 Å². The van der Waals surface area contributed by atoms with Crippen molar-refractivity contribution in [3.8, 4) is 11.5 Å². The fraction of sp³-hybridized carbons (Fsp3) is 0.219. The predicted molar refractivity (Wildman–Crippen MR) is 159 cm³/mol. The highest BCUT2D eigenvalue weighted by atomic mass is 31.2. The number of hydrogen-bond donors (Lipinski definition) is 2. The van der Waals surface area contributed by atoms with E-state index >= 15 is 0 Å². The van der Waals surface area contributed by atoms with Gasteiger partial charge in [0.2, 0.25) is 0 Å². The van der Waals surface area contributed by atoms with Crippen LogP contribution in [0.25, 0.3) is 0 Å². The smallest absolute Gasteiger partial charge is 0.124 e. The molecule has 37 heavy (non-hydrogen) atoms. The second kappa shape index (κ2) is 11.6. The molecule has 0 heterocycles. The van der Waals surface area contributed by atoms with Crippen molar-refractivity contribution in [2.75, 3.05) is 6.16 Å². The zero-order valence-electron chi connectivity index (χ0n) is 22.0. The van der Waals surface area contributed by atoms with Crippen molar-refractivity contribution >= 4 is 35.3 Å². The Morgan fingerprint density at radius 2 is 1.30 bits per heavy atom. The summed E-state index contributed by atoms with van der Waals surface area (Å²) in [6.07, 6.45) is 4.51. The second-order valence-corrected chi connectivity index (χ2v) is 12.6. The highest BCUT2D eigenvalue weighted by Crippen LogP contribution is 2.54. The maximum absolute atomic E-state index is 11.0. The Labute approximate surface area is 220 Å². The largest absolute Gasteiger partial charge is 0.507 e. The van der Waals surface area contributed by atoms with Gasteiger partial charge in [0.1, 0.15) is 11.5 Å². The van der Waals surface area contributed by atoms with Crippen LogP contribution in [0.4, 0.5) is 11.4 Å². The van der Waals surface area contributed by atoms with Crippen LogP contribution in [-0.4, -0.2) is 22.6 Å². The molecule has 190 valence electrons. The normalized spacial score (nSPS) is 11.7. The van der Waals surface area contributed by atoms with Crippen LogP contribution in [0.2, 0.25) is 0 Å². The molecule has 0 saturated carbocycles. The SMILES string of the molecule is CCCCP(=Nc1ccccc1C=Nc1c(C)cc(C)cc1C)(c1ccccc1O)c1ccccc1O. The number of aromatic hydroxyl groups is 2. The van der Waals surface area contributed by atoms with Crippen LogP contribution in [0.5, 0.6) is 11.5 Å². The van der Waals surface area contributed by atoms with Crippen LogP contribution in [0.15, 0.2) is 94.7 Å². The minimum Gasteiger partial charge on any atom is -0.507 e. The molecular formula is C32H35N2O2P. The van der Waals surface area contributed by atoms with E-state index in [9.17, 15) is 10.2 Å². The lowest BCUT2D eigenvalue weighted by atomic mass is 10.1. The lowest BCUT2D eigenvalue weighted by Gasteiger charge is -2.28. The highest BCUT2D eigenvalue weighted by Gasteiger charge is 2.30. The Morgan fingerprint density at radius 3 is 1.86 bits per heavy atom. The first kappa shape index (κ1) is 26.4. The third-order valence-corrected chi connectivity index (χ3v) is 10.4. The van der Waals surface area contributed by atoms with Crippen molar-refractivity contribution in [1.82, 2.24) is 0 Å². The van der Waals surface area contributed by atoms with E-state index in [1.165, 1.54) is 5.56 Å². The quantitative estimate of drug-likeness (QED) is 0.186. The van der Waals surface area contributed by atoms with Gasteiger partial charge in [0.05, 0.1) is 11.4 Å². The molecule has 4 aromatic rings. The van der Waals surface area contributed by atoms with Crippen LogP contribution in [0, 0.1) is 20.8 Å². The Kier molecular flexibility index (Phi) is 8.31. The van der Waals surface area contributed by atoms with Crippen molar-refractivity contribution in [1.29, 1.82) is 0 Å². The zero-order valence-corrected chi connectivity index (χ0v) is 22.9. The summed E-state index contributed by atoms with van der Waals surface area (Å²) in [6, 6.07) is 27.1. The Bertz CT molecular complexity index is 1420. The first-order chi connectivity index (χ1) is 17.9. The predicted octanol–water partition coefficient (Wildman–Crippen LogP) is 8.06. The summed E-state index contributed by atoms with van der Waals surface area (Å²) in [5.74, 6) is 0.409. The molecule has 2 N–H and O–H groups in total. The molecule has 4 rings (SSSR count). The number of aliphatic imine (C=N–C) groups is 1. The summed E-state index contributed by atoms with van der Waals surface area (Å²) in [5.41, 5.74) is 6.15. The van der Waals surface area contributed by atoms with Crippen molar-refractivity contribution in [3.05, 3.63) is 107 Å². The minimum absolute atomic E-state index is 0.205. The fourth-order valence-corrected chi connectivity index (χ4v) is 8.80. The first-order valence-corrected chi connectivity index (χ1v) is 14.7. The molecule has 0 aromatic heterocycles. The molecule has 0 aliphatic carbocycles. The molecule has 4 aromatic carbocycles. The standard InChI is InChI=1S/C32H35N2O2P/c1-5-6-19-37(30-17-11-9-15-28(30)35,31-18-12-10-16-29(31)36)34-27-14-8-7-13-26(27)22-33-32-24(3)20-23(2)21-25(32)4/h7-18,20-22,35-36H,5-6,19H2,1-4H3. The number of hydrogen-bond acceptors (Lipinski definition) is 4. The molecule has 0 fully saturated rings. The van der Waals surface area contributed by atoms with E-state index in [4.69, 9.17) is 9.74 Å². The van der Waals surface area contributed by atoms with Crippen molar-refractivity contribution < 1.29 is 10.2 Å². The molecule has 0 radical (unpaired) electrons. The summed E-state index contributed by atoms with van der Waals surface area (Å²) in [6.45, 7) is 8.41. The van der Waals surface area contributed by atoms with E-state index < -0.39 is 7.05 Å². The molecular weight excluding hydrogens is 475 g/mol. The minimum atomic E-state index is -2.60. The number of benzene rings is 4. The summed E-state index contributed by atoms with van der Waals surface area (Å²) in [5, 5.41) is 23.6. The number of para-hydroxylation sites is 2. The summed E-state index contributed by atoms with van der Waals surface area (Å²) in [4.78, 5) is 4.88. The fourth-order valence-electron chi connectivity index (χ4n) is 4.85. The Morgan fingerprint density at radius 1 is 0.757 bits per heavy atom. The lowest BCUT2D eigenvalue weighted by Crippen LogP contribution is -2.20. The van der Waals surface area contributed by atoms with Gasteiger partial charge in [-0.15, -0.1) is 0 Å². The number of phenolic OH excluding ortho intramolecular Hbond substituents is 2. The highest BCUT2D eigenvalue weighted by molar-refractivity contribution is 7.81. The summed E-state index contributed by atoms with van der Waals surface area (Å²) >= 11 is 0. The van der Waals surface area contributed by atoms with Gasteiger partial charge in [-0.25, -0.2) is 0 Å². The van der Waals surface area contributed by atoms with E-state index in [0.717, 1.165) is 57.7 Å². The molecule has 0 unspecified atom stereocenters. The van der Waals surface area contributed by atoms with E-state index in [1.807, 2.05) is 66.9 Å². The average Bonchev–Trinajstić information content (AvgIpc) is 2.87. The molecule has 0 saturated heterocycles. The van der Waals surface area contributed by atoms with Gasteiger partial charge in [-0.2, -0.15) is 0 Å². The monoisotopic (exact) mass is 510 g/mol. The summed E-state index contributed by atoms with van der Waals surface area (Å²) in [7, 11) is -2.60. The van der Waals surface area contributed by atoms with Gasteiger partial charge in [0, 0.05) is 29.4 Å². The third kappa shape index (κ3) is 5.70. The van der Waals surface area contributed by atoms with Gasteiger partial charge in [0.15, 0.2) is 0 Å². The molecule has 4 nitrogen and oxygen atoms in total. The maximum atomic E-state index is 11.0. The third-order valence-electron chi connectivity index (χ3n) is 6.58. The molecule has 0 bridgehead atoms. The van der Waals surface area contributed by atoms with Crippen LogP contribution in [-0.2, 0) is 0 Å². The molecule has 0 atom stereocenters. The first-order valence-electron chi connectivity index (χ1n) is 12.7. The Balaban J connectivity index is 1.98. The van der Waals surface area contributed by atoms with Gasteiger partial charge >= 0.3 is 0 Å². The molecule has 0 aliphatic heterocycles. The topological polar surface area (TPSA) is 65.2 Å². The van der Waals surface area contributed by atoms with Crippen LogP contribution < -0.4 is 10.6 Å². The molecule has 0 aliphatic rings. The lowest BCUT2D eigenvalue weighted by molar-refractivity contribution is 0.479. The van der Waals surface area contributed by atoms with Gasteiger partial charge in [-0.3, -0.25) is 9.74 Å². The molecule has 0 spiro atoms. The van der Waals surface area contributed by atoms with E-state index in [1.54, 1.807) is 12.1 Å². The van der Waals surface area contributed by atoms with Crippen LogP contribution in [0.3, 0.4) is 0 Å². The second-order valence-electron chi connectivity index (χ2n) is 9.49. The van der Waals surface area contributed by atoms with Gasteiger partial charge in [-0.1, -0.05) is 73.5 Å². The number of rotatable bonds is 8. The maximum Gasteiger partial charge on any atom is 0.124 e. The average molecular weight is 511 g/mol. The van der Waals surface area contributed by atoms with Gasteiger partial charge < -0.3 is 10.2 Å². The zero-order chi connectivity index (χ0) is 26.4. The van der Waals surface area contributed by atoms with Crippen molar-refractivity contribution in [3.63, 3.8) is 0 Å². The van der Waals surface area contributed by atoms with Crippen molar-refractivity contribution in [2.24, 2.45) is 9.74 Å². The number of nitrogens with zero attached hydrogens (tertiary/aromatic N) is 2. The van der Waals surface area contributed by atoms with E-state index in [0.29, 0.717) is 0 Å². The van der Waals surface area contributed by atoms with E-state index in [-0.39, 0.29) is 11.5 Å². The van der Waals surface area contributed by atoms with E-state index in [2.05, 4.69) is 39.8 Å². The Hall–Kier alpha value is -3.62.